The minimum absolute atomic E-state index is 0.0231. The number of carbonyl (C=O) groups excluding carboxylic acids is 2. The zero-order valence-electron chi connectivity index (χ0n) is 24.6. The minimum atomic E-state index is -0.433. The standard InChI is InChI=1S/C34H33Cl2N3O4/c1-20(2)38-29(26-17-23(8-12-30(26)42-4)33(40)37-13-15-43-16-14-37)19-27-32(38)31(22-6-10-24(35)11-7-22)39(34(27)41)28-18-25(36)9-5-21(28)3/h5-12,17-20,31H,13-16H2,1-4H3. The summed E-state index contributed by atoms with van der Waals surface area (Å²) in [6.07, 6.45) is 0. The molecule has 4 aromatic rings. The van der Waals surface area contributed by atoms with Crippen LogP contribution in [-0.4, -0.2) is 54.7 Å². The third-order valence-electron chi connectivity index (χ3n) is 8.20. The van der Waals surface area contributed by atoms with E-state index >= 15 is 0 Å². The molecule has 3 aromatic carbocycles. The molecule has 2 aliphatic heterocycles. The molecule has 9 heteroatoms. The van der Waals surface area contributed by atoms with Crippen LogP contribution in [0.4, 0.5) is 5.69 Å². The van der Waals surface area contributed by atoms with Gasteiger partial charge in [0.1, 0.15) is 11.8 Å². The molecule has 1 unspecified atom stereocenters. The molecule has 0 saturated carbocycles. The lowest BCUT2D eigenvalue weighted by Gasteiger charge is -2.30. The van der Waals surface area contributed by atoms with E-state index < -0.39 is 6.04 Å². The maximum atomic E-state index is 14.4. The van der Waals surface area contributed by atoms with Crippen molar-refractivity contribution in [2.45, 2.75) is 32.9 Å². The number of hydrogen-bond donors (Lipinski definition) is 0. The van der Waals surface area contributed by atoms with Crippen molar-refractivity contribution in [2.75, 3.05) is 38.3 Å². The van der Waals surface area contributed by atoms with Gasteiger partial charge in [-0.2, -0.15) is 0 Å². The van der Waals surface area contributed by atoms with E-state index in [-0.39, 0.29) is 17.9 Å². The average molecular weight is 619 g/mol. The zero-order valence-corrected chi connectivity index (χ0v) is 26.1. The first kappa shape index (κ1) is 29.3. The molecule has 7 nitrogen and oxygen atoms in total. The van der Waals surface area contributed by atoms with E-state index in [1.807, 2.05) is 77.4 Å². The minimum Gasteiger partial charge on any atom is -0.496 e. The van der Waals surface area contributed by atoms with Gasteiger partial charge in [0.25, 0.3) is 11.8 Å². The van der Waals surface area contributed by atoms with E-state index in [1.165, 1.54) is 0 Å². The summed E-state index contributed by atoms with van der Waals surface area (Å²) in [6.45, 7) is 8.30. The first-order valence-corrected chi connectivity index (χ1v) is 15.1. The van der Waals surface area contributed by atoms with Crippen molar-refractivity contribution >= 4 is 40.7 Å². The molecule has 0 N–H and O–H groups in total. The van der Waals surface area contributed by atoms with Crippen LogP contribution in [0.5, 0.6) is 5.75 Å². The van der Waals surface area contributed by atoms with Crippen molar-refractivity contribution in [3.8, 4) is 17.0 Å². The van der Waals surface area contributed by atoms with E-state index in [9.17, 15) is 9.59 Å². The van der Waals surface area contributed by atoms with Crippen LogP contribution in [0.2, 0.25) is 10.0 Å². The number of hydrogen-bond acceptors (Lipinski definition) is 4. The van der Waals surface area contributed by atoms with Gasteiger partial charge in [-0.1, -0.05) is 41.4 Å². The molecule has 6 rings (SSSR count). The van der Waals surface area contributed by atoms with Gasteiger partial charge in [0, 0.05) is 46.0 Å². The van der Waals surface area contributed by atoms with Gasteiger partial charge in [0.05, 0.1) is 37.3 Å². The number of ether oxygens (including phenoxy) is 2. The summed E-state index contributed by atoms with van der Waals surface area (Å²) in [5.41, 5.74) is 6.19. The lowest BCUT2D eigenvalue weighted by atomic mass is 10.0. The van der Waals surface area contributed by atoms with Gasteiger partial charge < -0.3 is 18.9 Å². The van der Waals surface area contributed by atoms with Crippen LogP contribution < -0.4 is 9.64 Å². The van der Waals surface area contributed by atoms with Crippen LogP contribution in [0, 0.1) is 6.92 Å². The second-order valence-electron chi connectivity index (χ2n) is 11.2. The molecule has 1 fully saturated rings. The zero-order chi connectivity index (χ0) is 30.4. The Kier molecular flexibility index (Phi) is 7.98. The van der Waals surface area contributed by atoms with Gasteiger partial charge in [-0.15, -0.1) is 0 Å². The molecular formula is C34H33Cl2N3O4. The Bertz CT molecular complexity index is 1710. The highest BCUT2D eigenvalue weighted by Gasteiger charge is 2.44. The SMILES string of the molecule is COc1ccc(C(=O)N2CCOCC2)cc1-c1cc2c(n1C(C)C)C(c1ccc(Cl)cc1)N(c1cc(Cl)ccc1C)C2=O. The van der Waals surface area contributed by atoms with E-state index in [0.717, 1.165) is 33.8 Å². The Balaban J connectivity index is 1.55. The van der Waals surface area contributed by atoms with Gasteiger partial charge in [-0.05, 0) is 80.4 Å². The molecular weight excluding hydrogens is 585 g/mol. The lowest BCUT2D eigenvalue weighted by Crippen LogP contribution is -2.40. The molecule has 0 radical (unpaired) electrons. The van der Waals surface area contributed by atoms with Gasteiger partial charge in [0.2, 0.25) is 0 Å². The fraction of sp³-hybridized carbons (Fsp3) is 0.294. The number of carbonyl (C=O) groups is 2. The summed E-state index contributed by atoms with van der Waals surface area (Å²) < 4.78 is 13.4. The van der Waals surface area contributed by atoms with Crippen LogP contribution in [0.15, 0.2) is 66.7 Å². The predicted molar refractivity (Wildman–Crippen MR) is 170 cm³/mol. The number of aromatic nitrogens is 1. The number of aryl methyl sites for hydroxylation is 1. The van der Waals surface area contributed by atoms with E-state index in [0.29, 0.717) is 53.2 Å². The summed E-state index contributed by atoms with van der Waals surface area (Å²) >= 11 is 12.7. The van der Waals surface area contributed by atoms with Gasteiger partial charge in [0.15, 0.2) is 0 Å². The highest BCUT2D eigenvalue weighted by Crippen LogP contribution is 2.48. The third-order valence-corrected chi connectivity index (χ3v) is 8.68. The largest absolute Gasteiger partial charge is 0.496 e. The monoisotopic (exact) mass is 617 g/mol. The predicted octanol–water partition coefficient (Wildman–Crippen LogP) is 7.58. The maximum absolute atomic E-state index is 14.4. The number of halogens is 2. The number of fused-ring (bicyclic) bond motifs is 1. The van der Waals surface area contributed by atoms with E-state index in [2.05, 4.69) is 18.4 Å². The van der Waals surface area contributed by atoms with Crippen LogP contribution in [-0.2, 0) is 4.74 Å². The maximum Gasteiger partial charge on any atom is 0.261 e. The summed E-state index contributed by atoms with van der Waals surface area (Å²) in [5.74, 6) is 0.440. The molecule has 1 atom stereocenters. The summed E-state index contributed by atoms with van der Waals surface area (Å²) in [5, 5.41) is 1.17. The van der Waals surface area contributed by atoms with Crippen molar-refractivity contribution in [2.24, 2.45) is 0 Å². The smallest absolute Gasteiger partial charge is 0.261 e. The second-order valence-corrected chi connectivity index (χ2v) is 12.0. The molecule has 2 amide bonds. The number of rotatable bonds is 6. The molecule has 0 bridgehead atoms. The number of morpholine rings is 1. The number of nitrogens with zero attached hydrogens (tertiary/aromatic N) is 3. The summed E-state index contributed by atoms with van der Waals surface area (Å²) in [6, 6.07) is 20.2. The summed E-state index contributed by atoms with van der Waals surface area (Å²) in [7, 11) is 1.62. The highest BCUT2D eigenvalue weighted by molar-refractivity contribution is 6.31. The molecule has 3 heterocycles. The Labute approximate surface area is 261 Å². The van der Waals surface area contributed by atoms with Crippen molar-refractivity contribution in [3.05, 3.63) is 105 Å². The van der Waals surface area contributed by atoms with Crippen molar-refractivity contribution in [1.82, 2.24) is 9.47 Å². The Morgan fingerprint density at radius 3 is 2.30 bits per heavy atom. The second kappa shape index (κ2) is 11.7. The fourth-order valence-corrected chi connectivity index (χ4v) is 6.45. The average Bonchev–Trinajstić information content (AvgIpc) is 3.53. The molecule has 2 aliphatic rings. The number of methoxy groups -OCH3 is 1. The van der Waals surface area contributed by atoms with Crippen LogP contribution in [0.1, 0.15) is 63.5 Å². The van der Waals surface area contributed by atoms with Crippen LogP contribution in [0.25, 0.3) is 11.3 Å². The molecule has 43 heavy (non-hydrogen) atoms. The molecule has 1 saturated heterocycles. The van der Waals surface area contributed by atoms with Gasteiger partial charge in [-0.25, -0.2) is 0 Å². The Morgan fingerprint density at radius 1 is 0.930 bits per heavy atom. The van der Waals surface area contributed by atoms with Gasteiger partial charge in [-0.3, -0.25) is 14.5 Å². The first-order valence-electron chi connectivity index (χ1n) is 14.3. The number of anilines is 1. The Hall–Kier alpha value is -3.78. The number of amides is 2. The van der Waals surface area contributed by atoms with Crippen molar-refractivity contribution in [3.63, 3.8) is 0 Å². The lowest BCUT2D eigenvalue weighted by molar-refractivity contribution is 0.0303. The van der Waals surface area contributed by atoms with Crippen LogP contribution >= 0.6 is 23.2 Å². The normalized spacial score (nSPS) is 16.6. The van der Waals surface area contributed by atoms with Crippen molar-refractivity contribution in [1.29, 1.82) is 0 Å². The summed E-state index contributed by atoms with van der Waals surface area (Å²) in [4.78, 5) is 31.5. The van der Waals surface area contributed by atoms with Gasteiger partial charge >= 0.3 is 0 Å². The third kappa shape index (κ3) is 5.20. The fourth-order valence-electron chi connectivity index (χ4n) is 6.16. The van der Waals surface area contributed by atoms with E-state index in [4.69, 9.17) is 32.7 Å². The molecule has 0 aliphatic carbocycles. The molecule has 1 aromatic heterocycles. The number of benzene rings is 3. The van der Waals surface area contributed by atoms with Crippen molar-refractivity contribution < 1.29 is 19.1 Å². The Morgan fingerprint density at radius 2 is 1.63 bits per heavy atom. The topological polar surface area (TPSA) is 64.0 Å². The quantitative estimate of drug-likeness (QED) is 0.224. The molecule has 0 spiro atoms. The highest BCUT2D eigenvalue weighted by atomic mass is 35.5. The molecule has 222 valence electrons. The van der Waals surface area contributed by atoms with Crippen LogP contribution in [0.3, 0.4) is 0 Å². The first-order chi connectivity index (χ1) is 20.7. The van der Waals surface area contributed by atoms with E-state index in [1.54, 1.807) is 13.2 Å².